The maximum atomic E-state index is 13.0. The average Bonchev–Trinajstić information content (AvgIpc) is 2.14. The highest BCUT2D eigenvalue weighted by Gasteiger charge is 2.36. The Hall–Kier alpha value is -1.61. The predicted molar refractivity (Wildman–Crippen MR) is 42.0 cm³/mol. The van der Waals surface area contributed by atoms with Gasteiger partial charge in [-0.15, -0.1) is 0 Å². The Labute approximate surface area is 82.4 Å². The lowest BCUT2D eigenvalue weighted by atomic mass is 10.0. The number of hydrogen-bond donors (Lipinski definition) is 1. The number of aliphatic hydroxyl groups excluding tert-OH is 1. The molecule has 15 heavy (non-hydrogen) atoms. The van der Waals surface area contributed by atoms with Gasteiger partial charge < -0.3 is 5.11 Å². The van der Waals surface area contributed by atoms with Gasteiger partial charge >= 0.3 is 6.18 Å². The molecule has 80 valence electrons. The summed E-state index contributed by atoms with van der Waals surface area (Å²) in [6.45, 7) is -0.971. The van der Waals surface area contributed by atoms with Crippen molar-refractivity contribution in [2.24, 2.45) is 0 Å². The van der Waals surface area contributed by atoms with Gasteiger partial charge in [-0.25, -0.2) is 4.39 Å². The Balaban J connectivity index is 3.46. The van der Waals surface area contributed by atoms with Crippen LogP contribution in [0.1, 0.15) is 16.7 Å². The van der Waals surface area contributed by atoms with Gasteiger partial charge in [0.15, 0.2) is 0 Å². The van der Waals surface area contributed by atoms with Crippen molar-refractivity contribution < 1.29 is 22.7 Å². The fourth-order valence-electron chi connectivity index (χ4n) is 1.17. The second-order valence-electron chi connectivity index (χ2n) is 2.76. The van der Waals surface area contributed by atoms with E-state index in [0.29, 0.717) is 6.07 Å². The van der Waals surface area contributed by atoms with Crippen LogP contribution < -0.4 is 0 Å². The number of aliphatic hydroxyl groups is 1. The van der Waals surface area contributed by atoms with Crippen LogP contribution in [0.25, 0.3) is 0 Å². The second kappa shape index (κ2) is 3.87. The normalized spacial score (nSPS) is 11.2. The molecule has 0 saturated carbocycles. The summed E-state index contributed by atoms with van der Waals surface area (Å²) in [4.78, 5) is 0. The van der Waals surface area contributed by atoms with E-state index in [-0.39, 0.29) is 5.56 Å². The van der Waals surface area contributed by atoms with Crippen molar-refractivity contribution >= 4 is 0 Å². The first kappa shape index (κ1) is 11.5. The molecule has 1 aromatic carbocycles. The predicted octanol–water partition coefficient (Wildman–Crippen LogP) is 2.21. The first-order chi connectivity index (χ1) is 6.90. The summed E-state index contributed by atoms with van der Waals surface area (Å²) in [6, 6.07) is 2.80. The fraction of sp³-hybridized carbons (Fsp3) is 0.222. The third kappa shape index (κ3) is 2.25. The largest absolute Gasteiger partial charge is 0.419 e. The molecular weight excluding hydrogens is 214 g/mol. The highest BCUT2D eigenvalue weighted by Crippen LogP contribution is 2.34. The summed E-state index contributed by atoms with van der Waals surface area (Å²) in [7, 11) is 0. The first-order valence-corrected chi connectivity index (χ1v) is 3.80. The minimum atomic E-state index is -4.88. The average molecular weight is 219 g/mol. The molecule has 0 saturated heterocycles. The summed E-state index contributed by atoms with van der Waals surface area (Å²) < 4.78 is 49.9. The van der Waals surface area contributed by atoms with Crippen LogP contribution in [0.3, 0.4) is 0 Å². The molecule has 0 atom stereocenters. The molecule has 0 fully saturated rings. The molecule has 0 heterocycles. The van der Waals surface area contributed by atoms with Gasteiger partial charge in [0.2, 0.25) is 0 Å². The van der Waals surface area contributed by atoms with E-state index in [1.165, 1.54) is 6.07 Å². The molecule has 1 aromatic rings. The Bertz CT molecular complexity index is 419. The van der Waals surface area contributed by atoms with E-state index in [2.05, 4.69) is 0 Å². The van der Waals surface area contributed by atoms with Crippen LogP contribution in [-0.2, 0) is 12.8 Å². The molecular formula is C9H5F4NO. The van der Waals surface area contributed by atoms with Gasteiger partial charge in [0, 0.05) is 0 Å². The molecule has 0 unspecified atom stereocenters. The number of alkyl halides is 3. The zero-order valence-corrected chi connectivity index (χ0v) is 7.27. The first-order valence-electron chi connectivity index (χ1n) is 3.80. The molecule has 6 heteroatoms. The monoisotopic (exact) mass is 219 g/mol. The molecule has 0 aromatic heterocycles. The van der Waals surface area contributed by atoms with Gasteiger partial charge in [-0.05, 0) is 17.7 Å². The van der Waals surface area contributed by atoms with Gasteiger partial charge in [0.1, 0.15) is 5.82 Å². The molecule has 1 rings (SSSR count). The Morgan fingerprint density at radius 2 is 1.93 bits per heavy atom. The van der Waals surface area contributed by atoms with Crippen molar-refractivity contribution in [1.29, 1.82) is 5.26 Å². The van der Waals surface area contributed by atoms with Crippen molar-refractivity contribution in [2.75, 3.05) is 0 Å². The zero-order valence-electron chi connectivity index (χ0n) is 7.27. The van der Waals surface area contributed by atoms with Gasteiger partial charge in [-0.2, -0.15) is 18.4 Å². The van der Waals surface area contributed by atoms with Gasteiger partial charge in [-0.3, -0.25) is 0 Å². The Morgan fingerprint density at radius 1 is 1.33 bits per heavy atom. The number of rotatable bonds is 1. The standard InChI is InChI=1S/C9H5F4NO/c10-7-2-5(3-14)1-6(4-15)8(7)9(11,12)13/h1-2,15H,4H2. The maximum Gasteiger partial charge on any atom is 0.419 e. The van der Waals surface area contributed by atoms with E-state index in [0.717, 1.165) is 6.07 Å². The van der Waals surface area contributed by atoms with E-state index in [1.807, 2.05) is 0 Å². The number of hydrogen-bond acceptors (Lipinski definition) is 2. The van der Waals surface area contributed by atoms with E-state index >= 15 is 0 Å². The molecule has 0 spiro atoms. The lowest BCUT2D eigenvalue weighted by Crippen LogP contribution is -2.12. The van der Waals surface area contributed by atoms with Crippen LogP contribution >= 0.6 is 0 Å². The molecule has 0 amide bonds. The van der Waals surface area contributed by atoms with Crippen LogP contribution in [0.2, 0.25) is 0 Å². The molecule has 0 aliphatic rings. The van der Waals surface area contributed by atoms with Gasteiger partial charge in [0.05, 0.1) is 23.8 Å². The van der Waals surface area contributed by atoms with E-state index in [9.17, 15) is 17.6 Å². The summed E-state index contributed by atoms with van der Waals surface area (Å²) in [5.41, 5.74) is -2.42. The lowest BCUT2D eigenvalue weighted by molar-refractivity contribution is -0.141. The van der Waals surface area contributed by atoms with E-state index < -0.39 is 29.7 Å². The second-order valence-corrected chi connectivity index (χ2v) is 2.76. The van der Waals surface area contributed by atoms with Crippen LogP contribution in [0, 0.1) is 17.1 Å². The lowest BCUT2D eigenvalue weighted by Gasteiger charge is -2.12. The smallest absolute Gasteiger partial charge is 0.392 e. The van der Waals surface area contributed by atoms with Crippen LogP contribution in [0.5, 0.6) is 0 Å². The Morgan fingerprint density at radius 3 is 2.33 bits per heavy atom. The summed E-state index contributed by atoms with van der Waals surface area (Å²) >= 11 is 0. The molecule has 0 radical (unpaired) electrons. The van der Waals surface area contributed by atoms with Crippen molar-refractivity contribution in [3.05, 3.63) is 34.6 Å². The quantitative estimate of drug-likeness (QED) is 0.736. The van der Waals surface area contributed by atoms with Gasteiger partial charge in [0.25, 0.3) is 0 Å². The minimum absolute atomic E-state index is 0.260. The maximum absolute atomic E-state index is 13.0. The number of nitrogens with zero attached hydrogens (tertiary/aromatic N) is 1. The van der Waals surface area contributed by atoms with E-state index in [4.69, 9.17) is 10.4 Å². The molecule has 0 aliphatic heterocycles. The Kier molecular flexibility index (Phi) is 2.95. The van der Waals surface area contributed by atoms with Crippen LogP contribution in [-0.4, -0.2) is 5.11 Å². The minimum Gasteiger partial charge on any atom is -0.392 e. The number of halogens is 4. The molecule has 2 nitrogen and oxygen atoms in total. The summed E-state index contributed by atoms with van der Waals surface area (Å²) in [5.74, 6) is -1.55. The molecule has 1 N–H and O–H groups in total. The van der Waals surface area contributed by atoms with E-state index in [1.54, 1.807) is 0 Å². The van der Waals surface area contributed by atoms with Gasteiger partial charge in [-0.1, -0.05) is 0 Å². The van der Waals surface area contributed by atoms with Crippen molar-refractivity contribution in [2.45, 2.75) is 12.8 Å². The topological polar surface area (TPSA) is 44.0 Å². The molecule has 0 aliphatic carbocycles. The fourth-order valence-corrected chi connectivity index (χ4v) is 1.17. The summed E-state index contributed by atoms with van der Waals surface area (Å²) in [6.07, 6.45) is -4.88. The number of nitriles is 1. The highest BCUT2D eigenvalue weighted by atomic mass is 19.4. The zero-order chi connectivity index (χ0) is 11.6. The number of benzene rings is 1. The summed E-state index contributed by atoms with van der Waals surface area (Å²) in [5, 5.41) is 17.0. The van der Waals surface area contributed by atoms with Crippen molar-refractivity contribution in [1.82, 2.24) is 0 Å². The van der Waals surface area contributed by atoms with Crippen molar-refractivity contribution in [3.8, 4) is 6.07 Å². The van der Waals surface area contributed by atoms with Crippen molar-refractivity contribution in [3.63, 3.8) is 0 Å². The third-order valence-electron chi connectivity index (χ3n) is 1.75. The third-order valence-corrected chi connectivity index (χ3v) is 1.75. The highest BCUT2D eigenvalue weighted by molar-refractivity contribution is 5.40. The molecule has 0 bridgehead atoms. The SMILES string of the molecule is N#Cc1cc(F)c(C(F)(F)F)c(CO)c1. The van der Waals surface area contributed by atoms with Crippen LogP contribution in [0.4, 0.5) is 17.6 Å². The van der Waals surface area contributed by atoms with Crippen LogP contribution in [0.15, 0.2) is 12.1 Å².